The fourth-order valence-corrected chi connectivity index (χ4v) is 1.60. The van der Waals surface area contributed by atoms with E-state index in [1.54, 1.807) is 0 Å². The Morgan fingerprint density at radius 3 is 2.41 bits per heavy atom. The van der Waals surface area contributed by atoms with Crippen LogP contribution in [0.5, 0.6) is 0 Å². The zero-order valence-corrected chi connectivity index (χ0v) is 11.3. The fourth-order valence-electron chi connectivity index (χ4n) is 1.60. The third kappa shape index (κ3) is 4.89. The number of carbonyl (C=O) groups is 1. The lowest BCUT2D eigenvalue weighted by molar-refractivity contribution is 0.231. The molecule has 0 heterocycles. The molecule has 0 saturated carbocycles. The lowest BCUT2D eigenvalue weighted by Gasteiger charge is -2.21. The van der Waals surface area contributed by atoms with Crippen LogP contribution in [0.4, 0.5) is 4.79 Å². The smallest absolute Gasteiger partial charge is 0.315 e. The van der Waals surface area contributed by atoms with Crippen LogP contribution in [0.2, 0.25) is 0 Å². The Kier molecular flexibility index (Phi) is 4.16. The van der Waals surface area contributed by atoms with Crippen molar-refractivity contribution in [2.75, 3.05) is 0 Å². The van der Waals surface area contributed by atoms with Gasteiger partial charge in [0, 0.05) is 12.1 Å². The van der Waals surface area contributed by atoms with Crippen LogP contribution >= 0.6 is 0 Å². The molecule has 0 bridgehead atoms. The third-order valence-corrected chi connectivity index (χ3v) is 2.43. The molecular formula is C14H22N2O. The van der Waals surface area contributed by atoms with Crippen LogP contribution in [-0.2, 0) is 6.54 Å². The van der Waals surface area contributed by atoms with Crippen LogP contribution < -0.4 is 10.6 Å². The van der Waals surface area contributed by atoms with Crippen molar-refractivity contribution >= 4 is 6.03 Å². The Hall–Kier alpha value is -1.51. The van der Waals surface area contributed by atoms with Gasteiger partial charge in [-0.25, -0.2) is 4.79 Å². The molecule has 0 aliphatic heterocycles. The van der Waals surface area contributed by atoms with Crippen LogP contribution in [0.25, 0.3) is 0 Å². The number of urea groups is 1. The summed E-state index contributed by atoms with van der Waals surface area (Å²) < 4.78 is 0. The van der Waals surface area contributed by atoms with Crippen molar-refractivity contribution in [1.29, 1.82) is 0 Å². The zero-order valence-electron chi connectivity index (χ0n) is 11.3. The molecule has 0 aliphatic rings. The maximum Gasteiger partial charge on any atom is 0.315 e. The van der Waals surface area contributed by atoms with E-state index in [0.29, 0.717) is 6.54 Å². The molecule has 1 aromatic carbocycles. The predicted octanol–water partition coefficient (Wildman–Crippen LogP) is 2.90. The molecular weight excluding hydrogens is 212 g/mol. The number of nitrogens with one attached hydrogen (secondary N) is 2. The van der Waals surface area contributed by atoms with Crippen LogP contribution in [0.3, 0.4) is 0 Å². The second-order valence-corrected chi connectivity index (χ2v) is 5.49. The van der Waals surface area contributed by atoms with E-state index < -0.39 is 0 Å². The van der Waals surface area contributed by atoms with Crippen LogP contribution in [-0.4, -0.2) is 11.6 Å². The Balaban J connectivity index is 2.53. The Morgan fingerprint density at radius 1 is 1.24 bits per heavy atom. The van der Waals surface area contributed by atoms with Gasteiger partial charge in [-0.15, -0.1) is 0 Å². The molecule has 1 rings (SSSR count). The van der Waals surface area contributed by atoms with E-state index in [-0.39, 0.29) is 11.6 Å². The normalized spacial score (nSPS) is 11.1. The van der Waals surface area contributed by atoms with Gasteiger partial charge in [-0.05, 0) is 45.7 Å². The minimum Gasteiger partial charge on any atom is -0.334 e. The van der Waals surface area contributed by atoms with Gasteiger partial charge >= 0.3 is 6.03 Å². The lowest BCUT2D eigenvalue weighted by atomic mass is 10.1. The topological polar surface area (TPSA) is 41.1 Å². The van der Waals surface area contributed by atoms with E-state index in [0.717, 1.165) is 5.56 Å². The Labute approximate surface area is 104 Å². The summed E-state index contributed by atoms with van der Waals surface area (Å²) in [4.78, 5) is 11.6. The minimum absolute atomic E-state index is 0.127. The molecule has 0 spiro atoms. The summed E-state index contributed by atoms with van der Waals surface area (Å²) in [7, 11) is 0. The van der Waals surface area contributed by atoms with Crippen molar-refractivity contribution in [3.8, 4) is 0 Å². The average molecular weight is 234 g/mol. The van der Waals surface area contributed by atoms with Gasteiger partial charge in [0.05, 0.1) is 0 Å². The summed E-state index contributed by atoms with van der Waals surface area (Å²) in [6.07, 6.45) is 0. The van der Waals surface area contributed by atoms with Crippen molar-refractivity contribution in [1.82, 2.24) is 10.6 Å². The molecule has 0 unspecified atom stereocenters. The summed E-state index contributed by atoms with van der Waals surface area (Å²) in [5, 5.41) is 5.74. The molecule has 3 heteroatoms. The van der Waals surface area contributed by atoms with Crippen molar-refractivity contribution < 1.29 is 4.79 Å². The molecule has 17 heavy (non-hydrogen) atoms. The van der Waals surface area contributed by atoms with Gasteiger partial charge in [-0.3, -0.25) is 0 Å². The molecule has 0 aliphatic carbocycles. The maximum absolute atomic E-state index is 11.6. The zero-order chi connectivity index (χ0) is 13.1. The average Bonchev–Trinajstić information content (AvgIpc) is 2.13. The first-order chi connectivity index (χ1) is 7.78. The van der Waals surface area contributed by atoms with Crippen molar-refractivity contribution in [3.63, 3.8) is 0 Å². The fraction of sp³-hybridized carbons (Fsp3) is 0.500. The standard InChI is InChI=1S/C14H22N2O/c1-10-6-7-12(11(2)8-10)9-15-13(17)16-14(3,4)5/h6-8H,9H2,1-5H3,(H2,15,16,17). The second kappa shape index (κ2) is 5.21. The quantitative estimate of drug-likeness (QED) is 0.811. The van der Waals surface area contributed by atoms with E-state index in [9.17, 15) is 4.79 Å². The molecule has 0 atom stereocenters. The SMILES string of the molecule is Cc1ccc(CNC(=O)NC(C)(C)C)c(C)c1. The largest absolute Gasteiger partial charge is 0.334 e. The lowest BCUT2D eigenvalue weighted by Crippen LogP contribution is -2.46. The van der Waals surface area contributed by atoms with E-state index >= 15 is 0 Å². The van der Waals surface area contributed by atoms with Gasteiger partial charge in [0.2, 0.25) is 0 Å². The summed E-state index contributed by atoms with van der Waals surface area (Å²) in [6.45, 7) is 10.6. The molecule has 3 nitrogen and oxygen atoms in total. The molecule has 0 aromatic heterocycles. The van der Waals surface area contributed by atoms with Crippen LogP contribution in [0.1, 0.15) is 37.5 Å². The molecule has 94 valence electrons. The monoisotopic (exact) mass is 234 g/mol. The molecule has 0 saturated heterocycles. The second-order valence-electron chi connectivity index (χ2n) is 5.49. The number of hydrogen-bond donors (Lipinski definition) is 2. The first kappa shape index (κ1) is 13.6. The highest BCUT2D eigenvalue weighted by atomic mass is 16.2. The van der Waals surface area contributed by atoms with Crippen molar-refractivity contribution in [2.45, 2.75) is 46.7 Å². The van der Waals surface area contributed by atoms with E-state index in [1.807, 2.05) is 20.8 Å². The predicted molar refractivity (Wildman–Crippen MR) is 71.0 cm³/mol. The summed E-state index contributed by atoms with van der Waals surface area (Å²) in [6, 6.07) is 6.12. The summed E-state index contributed by atoms with van der Waals surface area (Å²) >= 11 is 0. The molecule has 1 aromatic rings. The number of aryl methyl sites for hydroxylation is 2. The van der Waals surface area contributed by atoms with Crippen molar-refractivity contribution in [2.24, 2.45) is 0 Å². The van der Waals surface area contributed by atoms with Gasteiger partial charge in [0.1, 0.15) is 0 Å². The summed E-state index contributed by atoms with van der Waals surface area (Å²) in [5.74, 6) is 0. The number of carbonyl (C=O) groups excluding carboxylic acids is 1. The highest BCUT2D eigenvalue weighted by molar-refractivity contribution is 5.74. The third-order valence-electron chi connectivity index (χ3n) is 2.43. The van der Waals surface area contributed by atoms with Gasteiger partial charge in [-0.1, -0.05) is 23.8 Å². The van der Waals surface area contributed by atoms with Gasteiger partial charge < -0.3 is 10.6 Å². The number of benzene rings is 1. The molecule has 2 N–H and O–H groups in total. The first-order valence-electron chi connectivity index (χ1n) is 5.90. The highest BCUT2D eigenvalue weighted by Crippen LogP contribution is 2.10. The van der Waals surface area contributed by atoms with E-state index in [4.69, 9.17) is 0 Å². The highest BCUT2D eigenvalue weighted by Gasteiger charge is 2.13. The molecule has 0 fully saturated rings. The Bertz CT molecular complexity index is 405. The van der Waals surface area contributed by atoms with Crippen LogP contribution in [0, 0.1) is 13.8 Å². The molecule has 0 radical (unpaired) electrons. The Morgan fingerprint density at radius 2 is 1.88 bits per heavy atom. The minimum atomic E-state index is -0.202. The number of amides is 2. The van der Waals surface area contributed by atoms with Gasteiger partial charge in [-0.2, -0.15) is 0 Å². The first-order valence-corrected chi connectivity index (χ1v) is 5.90. The summed E-state index contributed by atoms with van der Waals surface area (Å²) in [5.41, 5.74) is 3.40. The van der Waals surface area contributed by atoms with Gasteiger partial charge in [0.15, 0.2) is 0 Å². The number of rotatable bonds is 2. The van der Waals surface area contributed by atoms with E-state index in [1.165, 1.54) is 11.1 Å². The van der Waals surface area contributed by atoms with Crippen molar-refractivity contribution in [3.05, 3.63) is 34.9 Å². The van der Waals surface area contributed by atoms with Crippen LogP contribution in [0.15, 0.2) is 18.2 Å². The van der Waals surface area contributed by atoms with Gasteiger partial charge in [0.25, 0.3) is 0 Å². The maximum atomic E-state index is 11.6. The number of hydrogen-bond acceptors (Lipinski definition) is 1. The molecule has 2 amide bonds. The van der Waals surface area contributed by atoms with E-state index in [2.05, 4.69) is 42.7 Å².